The number of allylic oxidation sites excluding steroid dienone is 16. The Kier molecular flexibility index (Phi) is 59.8. The number of unbranched alkanes of at least 4 members (excludes halogenated alkanes) is 30. The number of ether oxygens (including phenoxy) is 3. The van der Waals surface area contributed by atoms with Gasteiger partial charge in [0.2, 0.25) is 0 Å². The van der Waals surface area contributed by atoms with Gasteiger partial charge in [-0.2, -0.15) is 0 Å². The molecule has 0 aromatic heterocycles. The van der Waals surface area contributed by atoms with Crippen LogP contribution in [0.5, 0.6) is 0 Å². The lowest BCUT2D eigenvalue weighted by molar-refractivity contribution is -0.167. The molecule has 1 atom stereocenters. The van der Waals surface area contributed by atoms with Gasteiger partial charge < -0.3 is 14.2 Å². The number of rotatable bonds is 57. The number of carbonyl (C=O) groups excluding carboxylic acids is 3. The Balaban J connectivity index is 4.10. The summed E-state index contributed by atoms with van der Waals surface area (Å²) in [4.78, 5) is 37.9. The molecule has 0 rings (SSSR count). The summed E-state index contributed by atoms with van der Waals surface area (Å²) in [5.41, 5.74) is 0. The molecule has 6 nitrogen and oxygen atoms in total. The fourth-order valence-corrected chi connectivity index (χ4v) is 8.83. The van der Waals surface area contributed by atoms with Crippen LogP contribution in [0.3, 0.4) is 0 Å². The normalized spacial score (nSPS) is 12.7. The molecule has 0 fully saturated rings. The molecule has 0 radical (unpaired) electrons. The lowest BCUT2D eigenvalue weighted by atomic mass is 10.0. The van der Waals surface area contributed by atoms with Crippen LogP contribution >= 0.6 is 0 Å². The molecule has 0 spiro atoms. The minimum Gasteiger partial charge on any atom is -0.462 e. The average molecular weight is 1040 g/mol. The van der Waals surface area contributed by atoms with Crippen molar-refractivity contribution in [2.45, 2.75) is 309 Å². The molecule has 0 aliphatic heterocycles. The van der Waals surface area contributed by atoms with E-state index in [2.05, 4.69) is 118 Å². The monoisotopic (exact) mass is 1040 g/mol. The highest BCUT2D eigenvalue weighted by atomic mass is 16.6. The van der Waals surface area contributed by atoms with Gasteiger partial charge in [-0.25, -0.2) is 0 Å². The van der Waals surface area contributed by atoms with Crippen molar-refractivity contribution in [3.05, 3.63) is 97.2 Å². The summed E-state index contributed by atoms with van der Waals surface area (Å²) >= 11 is 0. The van der Waals surface area contributed by atoms with E-state index in [-0.39, 0.29) is 31.1 Å². The van der Waals surface area contributed by atoms with Gasteiger partial charge in [-0.05, 0) is 103 Å². The Morgan fingerprint density at radius 3 is 0.827 bits per heavy atom. The van der Waals surface area contributed by atoms with E-state index in [1.54, 1.807) is 0 Å². The highest BCUT2D eigenvalue weighted by molar-refractivity contribution is 5.71. The standard InChI is InChI=1S/C69H118O6/c1-4-7-10-13-15-17-19-21-23-25-27-29-31-33-34-36-37-39-41-43-45-47-49-51-53-56-59-62-68(71)74-65-66(64-73-67(70)61-58-55-12-9-6-3)75-69(72)63-60-57-54-52-50-48-46-44-42-40-38-35-32-30-28-26-24-22-20-18-16-14-11-8-5-2/h7,10,15,17,21,23,26-29,33-34,37,39,43,45,66H,4-6,8-9,11-14,16,18-20,22,24-25,30-32,35-36,38,40-42,44,46-65H2,1-3H3/b10-7-,17-15-,23-21-,28-26-,29-27-,34-33-,39-37-,45-43-. The molecule has 0 aromatic rings. The quantitative estimate of drug-likeness (QED) is 0.0261. The van der Waals surface area contributed by atoms with E-state index in [1.807, 2.05) is 0 Å². The zero-order chi connectivity index (χ0) is 54.3. The van der Waals surface area contributed by atoms with Crippen molar-refractivity contribution < 1.29 is 28.6 Å². The third-order valence-electron chi connectivity index (χ3n) is 13.6. The maximum absolute atomic E-state index is 12.8. The maximum Gasteiger partial charge on any atom is 0.306 e. The molecule has 430 valence electrons. The zero-order valence-corrected chi connectivity index (χ0v) is 49.3. The minimum absolute atomic E-state index is 0.0836. The number of hydrogen-bond donors (Lipinski definition) is 0. The summed E-state index contributed by atoms with van der Waals surface area (Å²) in [5.74, 6) is -0.910. The highest BCUT2D eigenvalue weighted by Gasteiger charge is 2.19. The second-order valence-electron chi connectivity index (χ2n) is 20.9. The van der Waals surface area contributed by atoms with Gasteiger partial charge in [-0.15, -0.1) is 0 Å². The van der Waals surface area contributed by atoms with Crippen molar-refractivity contribution in [3.8, 4) is 0 Å². The van der Waals surface area contributed by atoms with Crippen LogP contribution in [0, 0.1) is 0 Å². The first kappa shape index (κ1) is 71.3. The Hall–Kier alpha value is -3.67. The first-order valence-corrected chi connectivity index (χ1v) is 31.7. The van der Waals surface area contributed by atoms with E-state index in [1.165, 1.54) is 135 Å². The Bertz CT molecular complexity index is 1480. The van der Waals surface area contributed by atoms with Crippen molar-refractivity contribution in [2.75, 3.05) is 13.2 Å². The van der Waals surface area contributed by atoms with E-state index < -0.39 is 6.10 Å². The lowest BCUT2D eigenvalue weighted by Gasteiger charge is -2.18. The number of esters is 3. The van der Waals surface area contributed by atoms with Gasteiger partial charge >= 0.3 is 17.9 Å². The van der Waals surface area contributed by atoms with Crippen LogP contribution in [-0.4, -0.2) is 37.2 Å². The maximum atomic E-state index is 12.8. The molecule has 0 saturated heterocycles. The van der Waals surface area contributed by atoms with Gasteiger partial charge in [-0.1, -0.05) is 279 Å². The van der Waals surface area contributed by atoms with Gasteiger partial charge in [0, 0.05) is 19.3 Å². The van der Waals surface area contributed by atoms with Crippen LogP contribution in [-0.2, 0) is 28.6 Å². The second-order valence-corrected chi connectivity index (χ2v) is 20.9. The Morgan fingerprint density at radius 1 is 0.280 bits per heavy atom. The molecule has 0 heterocycles. The summed E-state index contributed by atoms with van der Waals surface area (Å²) in [6, 6.07) is 0. The summed E-state index contributed by atoms with van der Waals surface area (Å²) in [6.07, 6.45) is 84.6. The van der Waals surface area contributed by atoms with Crippen molar-refractivity contribution >= 4 is 17.9 Å². The molecule has 6 heteroatoms. The fourth-order valence-electron chi connectivity index (χ4n) is 8.83. The van der Waals surface area contributed by atoms with Crippen LogP contribution in [0.25, 0.3) is 0 Å². The highest BCUT2D eigenvalue weighted by Crippen LogP contribution is 2.16. The van der Waals surface area contributed by atoms with Gasteiger partial charge in [0.25, 0.3) is 0 Å². The smallest absolute Gasteiger partial charge is 0.306 e. The van der Waals surface area contributed by atoms with Crippen molar-refractivity contribution in [1.29, 1.82) is 0 Å². The number of carbonyl (C=O) groups is 3. The predicted molar refractivity (Wildman–Crippen MR) is 325 cm³/mol. The summed E-state index contributed by atoms with van der Waals surface area (Å²) < 4.78 is 16.8. The van der Waals surface area contributed by atoms with Gasteiger partial charge in [0.15, 0.2) is 6.10 Å². The first-order chi connectivity index (χ1) is 37.0. The van der Waals surface area contributed by atoms with Gasteiger partial charge in [-0.3, -0.25) is 14.4 Å². The van der Waals surface area contributed by atoms with E-state index in [0.717, 1.165) is 128 Å². The van der Waals surface area contributed by atoms with E-state index >= 15 is 0 Å². The molecule has 75 heavy (non-hydrogen) atoms. The van der Waals surface area contributed by atoms with E-state index in [9.17, 15) is 14.4 Å². The van der Waals surface area contributed by atoms with Crippen LogP contribution in [0.4, 0.5) is 0 Å². The molecular weight excluding hydrogens is 925 g/mol. The molecule has 0 bridgehead atoms. The van der Waals surface area contributed by atoms with Gasteiger partial charge in [0.1, 0.15) is 13.2 Å². The van der Waals surface area contributed by atoms with Crippen molar-refractivity contribution in [1.82, 2.24) is 0 Å². The number of hydrogen-bond acceptors (Lipinski definition) is 6. The summed E-state index contributed by atoms with van der Waals surface area (Å²) in [6.45, 7) is 6.45. The molecule has 0 aromatic carbocycles. The Labute approximate surface area is 464 Å². The Morgan fingerprint density at radius 2 is 0.520 bits per heavy atom. The molecule has 0 saturated carbocycles. The molecule has 0 aliphatic rings. The molecule has 0 N–H and O–H groups in total. The molecular formula is C69H118O6. The third kappa shape index (κ3) is 61.1. The topological polar surface area (TPSA) is 78.9 Å². The molecule has 1 unspecified atom stereocenters. The summed E-state index contributed by atoms with van der Waals surface area (Å²) in [5, 5.41) is 0. The van der Waals surface area contributed by atoms with Gasteiger partial charge in [0.05, 0.1) is 0 Å². The fraction of sp³-hybridized carbons (Fsp3) is 0.725. The van der Waals surface area contributed by atoms with Crippen LogP contribution in [0.2, 0.25) is 0 Å². The zero-order valence-electron chi connectivity index (χ0n) is 49.3. The SMILES string of the molecule is CC/C=C\C/C=C\C/C=C\C/C=C\C/C=C\C/C=C\C/C=C\CCCCCCCC(=O)OCC(COC(=O)CCCCCCC)OC(=O)CCCCCCCCCCCCCCC/C=C\CCCCCCCCCC. The van der Waals surface area contributed by atoms with Crippen molar-refractivity contribution in [2.24, 2.45) is 0 Å². The summed E-state index contributed by atoms with van der Waals surface area (Å²) in [7, 11) is 0. The first-order valence-electron chi connectivity index (χ1n) is 31.7. The predicted octanol–water partition coefficient (Wildman–Crippen LogP) is 21.7. The second kappa shape index (κ2) is 62.9. The van der Waals surface area contributed by atoms with Crippen LogP contribution < -0.4 is 0 Å². The largest absolute Gasteiger partial charge is 0.462 e. The molecule has 0 aliphatic carbocycles. The van der Waals surface area contributed by atoms with E-state index in [0.29, 0.717) is 19.3 Å². The third-order valence-corrected chi connectivity index (χ3v) is 13.6. The van der Waals surface area contributed by atoms with Crippen LogP contribution in [0.15, 0.2) is 97.2 Å². The minimum atomic E-state index is -0.783. The van der Waals surface area contributed by atoms with Crippen LogP contribution in [0.1, 0.15) is 303 Å². The van der Waals surface area contributed by atoms with E-state index in [4.69, 9.17) is 14.2 Å². The molecule has 0 amide bonds. The van der Waals surface area contributed by atoms with Crippen molar-refractivity contribution in [3.63, 3.8) is 0 Å². The average Bonchev–Trinajstić information content (AvgIpc) is 3.41. The lowest BCUT2D eigenvalue weighted by Crippen LogP contribution is -2.30.